The number of benzene rings is 2. The summed E-state index contributed by atoms with van der Waals surface area (Å²) >= 11 is 0. The van der Waals surface area contributed by atoms with E-state index >= 15 is 0 Å². The van der Waals surface area contributed by atoms with Crippen molar-refractivity contribution in [3.63, 3.8) is 0 Å². The molecule has 0 heterocycles. The van der Waals surface area contributed by atoms with E-state index in [1.807, 2.05) is 0 Å². The van der Waals surface area contributed by atoms with E-state index in [0.717, 1.165) is 24.3 Å². The Morgan fingerprint density at radius 2 is 0.771 bits per heavy atom. The van der Waals surface area contributed by atoms with Gasteiger partial charge in [0.1, 0.15) is 11.5 Å². The molecule has 0 aliphatic heterocycles. The quantitative estimate of drug-likeness (QED) is 0.153. The maximum absolute atomic E-state index is 6.46. The number of rotatable bonds is 18. The zero-order valence-corrected chi connectivity index (χ0v) is 23.2. The summed E-state index contributed by atoms with van der Waals surface area (Å²) in [5, 5.41) is 0. The second-order valence-electron chi connectivity index (χ2n) is 9.06. The smallest absolute Gasteiger partial charge is 0.130 e. The van der Waals surface area contributed by atoms with Gasteiger partial charge in [0.05, 0.1) is 0 Å². The maximum Gasteiger partial charge on any atom is 0.130 e. The molecule has 0 unspecified atom stereocenters. The van der Waals surface area contributed by atoms with Crippen LogP contribution in [0.2, 0.25) is 0 Å². The Morgan fingerprint density at radius 1 is 0.457 bits per heavy atom. The number of unbranched alkanes of at least 4 members (excludes halogenated alkanes) is 12. The highest BCUT2D eigenvalue weighted by Crippen LogP contribution is 2.30. The van der Waals surface area contributed by atoms with Gasteiger partial charge in [0, 0.05) is 0 Å². The normalized spacial score (nSPS) is 10.0. The maximum atomic E-state index is 6.46. The predicted molar refractivity (Wildman–Crippen MR) is 159 cm³/mol. The van der Waals surface area contributed by atoms with Crippen LogP contribution in [-0.2, 0) is 12.8 Å². The van der Waals surface area contributed by atoms with Crippen LogP contribution in [0.25, 0.3) is 0 Å². The molecular weight excluding hydrogens is 424 g/mol. The largest absolute Gasteiger partial charge is 0.457 e. The second kappa shape index (κ2) is 24.8. The van der Waals surface area contributed by atoms with E-state index in [2.05, 4.69) is 88.7 Å². The summed E-state index contributed by atoms with van der Waals surface area (Å²) in [6, 6.07) is 17.3. The summed E-state index contributed by atoms with van der Waals surface area (Å²) in [5.74, 6) is 2.08. The van der Waals surface area contributed by atoms with Gasteiger partial charge < -0.3 is 4.74 Å². The van der Waals surface area contributed by atoms with Crippen molar-refractivity contribution in [2.45, 2.75) is 117 Å². The molecule has 0 aliphatic rings. The van der Waals surface area contributed by atoms with Gasteiger partial charge in [-0.05, 0) is 48.9 Å². The Labute approximate surface area is 218 Å². The lowest BCUT2D eigenvalue weighted by molar-refractivity contribution is 0.466. The Morgan fingerprint density at radius 3 is 1.14 bits per heavy atom. The van der Waals surface area contributed by atoms with Crippen molar-refractivity contribution in [1.29, 1.82) is 0 Å². The minimum atomic E-state index is 1.04. The third-order valence-corrected chi connectivity index (χ3v) is 6.26. The van der Waals surface area contributed by atoms with E-state index in [0.29, 0.717) is 0 Å². The third-order valence-electron chi connectivity index (χ3n) is 6.26. The first-order valence-corrected chi connectivity index (χ1v) is 14.2. The number of aryl methyl sites for hydroxylation is 2. The molecule has 0 atom stereocenters. The number of hydrogen-bond acceptors (Lipinski definition) is 1. The van der Waals surface area contributed by atoms with Crippen LogP contribution in [0.3, 0.4) is 0 Å². The van der Waals surface area contributed by atoms with Gasteiger partial charge in [-0.3, -0.25) is 0 Å². The van der Waals surface area contributed by atoms with Crippen molar-refractivity contribution in [2.75, 3.05) is 0 Å². The molecule has 2 aromatic rings. The molecule has 0 radical (unpaired) electrons. The minimum absolute atomic E-state index is 1.04. The lowest BCUT2D eigenvalue weighted by Crippen LogP contribution is -1.96. The first-order valence-electron chi connectivity index (χ1n) is 14.2. The van der Waals surface area contributed by atoms with Crippen LogP contribution >= 0.6 is 0 Å². The highest BCUT2D eigenvalue weighted by Gasteiger charge is 2.08. The third kappa shape index (κ3) is 16.1. The predicted octanol–water partition coefficient (Wildman–Crippen LogP) is 11.7. The molecule has 2 aromatic carbocycles. The number of hydrogen-bond donors (Lipinski definition) is 0. The summed E-state index contributed by atoms with van der Waals surface area (Å²) in [6.45, 7) is 16.6. The molecule has 0 spiro atoms. The van der Waals surface area contributed by atoms with Crippen molar-refractivity contribution >= 4 is 0 Å². The van der Waals surface area contributed by atoms with Gasteiger partial charge >= 0.3 is 0 Å². The molecule has 1 nitrogen and oxygen atoms in total. The van der Waals surface area contributed by atoms with Crippen molar-refractivity contribution in [2.24, 2.45) is 0 Å². The van der Waals surface area contributed by atoms with Crippen molar-refractivity contribution in [1.82, 2.24) is 0 Å². The van der Waals surface area contributed by atoms with Crippen molar-refractivity contribution in [3.8, 4) is 11.5 Å². The van der Waals surface area contributed by atoms with Gasteiger partial charge in [0.2, 0.25) is 0 Å². The molecule has 0 bridgehead atoms. The Bertz CT molecular complexity index is 659. The van der Waals surface area contributed by atoms with Crippen LogP contribution in [-0.4, -0.2) is 0 Å². The molecule has 1 heteroatoms. The van der Waals surface area contributed by atoms with Gasteiger partial charge in [-0.1, -0.05) is 127 Å². The van der Waals surface area contributed by atoms with Gasteiger partial charge in [0.15, 0.2) is 0 Å². The number of para-hydroxylation sites is 2. The lowest BCUT2D eigenvalue weighted by atomic mass is 10.0. The van der Waals surface area contributed by atoms with Gasteiger partial charge in [0.25, 0.3) is 0 Å². The average Bonchev–Trinajstić information content (AvgIpc) is 2.91. The highest BCUT2D eigenvalue weighted by molar-refractivity contribution is 5.41. The lowest BCUT2D eigenvalue weighted by Gasteiger charge is -2.14. The highest BCUT2D eigenvalue weighted by atomic mass is 16.5. The van der Waals surface area contributed by atoms with Crippen LogP contribution in [0.15, 0.2) is 74.8 Å². The summed E-state index contributed by atoms with van der Waals surface area (Å²) in [4.78, 5) is 0. The molecule has 0 fully saturated rings. The number of ether oxygens (including phenoxy) is 1. The van der Waals surface area contributed by atoms with Crippen molar-refractivity contribution in [3.05, 3.63) is 86.0 Å². The van der Waals surface area contributed by atoms with Crippen LogP contribution in [0, 0.1) is 0 Å². The van der Waals surface area contributed by atoms with E-state index in [-0.39, 0.29) is 0 Å². The van der Waals surface area contributed by atoms with Crippen molar-refractivity contribution < 1.29 is 4.74 Å². The zero-order chi connectivity index (χ0) is 26.0. The fraction of sp³-hybridized carbons (Fsp3) is 0.529. The SMILES string of the molecule is C=C.C=C.CCCCCCCCCc1ccccc1Oc1ccccc1CCCCCCCCC. The first-order chi connectivity index (χ1) is 17.3. The fourth-order valence-corrected chi connectivity index (χ4v) is 4.28. The van der Waals surface area contributed by atoms with E-state index in [9.17, 15) is 0 Å². The van der Waals surface area contributed by atoms with E-state index in [1.54, 1.807) is 0 Å². The summed E-state index contributed by atoms with van der Waals surface area (Å²) in [5.41, 5.74) is 2.70. The van der Waals surface area contributed by atoms with E-state index in [4.69, 9.17) is 4.74 Å². The van der Waals surface area contributed by atoms with Crippen LogP contribution in [0.5, 0.6) is 11.5 Å². The summed E-state index contributed by atoms with van der Waals surface area (Å²) in [7, 11) is 0. The summed E-state index contributed by atoms with van der Waals surface area (Å²) in [6.07, 6.45) is 21.1. The molecule has 0 aliphatic carbocycles. The standard InChI is InChI=1S/C30H46O.2C2H4/c1-3-5-7-9-11-13-15-21-27-23-17-19-25-29(27)31-30-26-20-18-24-28(30)22-16-14-12-10-8-6-4-2;2*1-2/h17-20,23-26H,3-16,21-22H2,1-2H3;2*1-2H2. The molecule has 35 heavy (non-hydrogen) atoms. The Kier molecular flexibility index (Phi) is 23.2. The molecule has 2 rings (SSSR count). The first kappa shape index (κ1) is 32.7. The molecule has 0 aromatic heterocycles. The van der Waals surface area contributed by atoms with E-state index in [1.165, 1.54) is 101 Å². The molecule has 0 saturated carbocycles. The Hall–Kier alpha value is -2.28. The van der Waals surface area contributed by atoms with Crippen LogP contribution in [0.1, 0.15) is 115 Å². The average molecular weight is 479 g/mol. The Balaban J connectivity index is 0.00000274. The van der Waals surface area contributed by atoms with Crippen LogP contribution < -0.4 is 4.74 Å². The zero-order valence-electron chi connectivity index (χ0n) is 23.2. The topological polar surface area (TPSA) is 9.23 Å². The van der Waals surface area contributed by atoms with E-state index < -0.39 is 0 Å². The fourth-order valence-electron chi connectivity index (χ4n) is 4.28. The molecule has 0 amide bonds. The molecule has 196 valence electrons. The second-order valence-corrected chi connectivity index (χ2v) is 9.06. The van der Waals surface area contributed by atoms with Gasteiger partial charge in [-0.15, -0.1) is 26.3 Å². The summed E-state index contributed by atoms with van der Waals surface area (Å²) < 4.78 is 6.46. The van der Waals surface area contributed by atoms with Gasteiger partial charge in [-0.25, -0.2) is 0 Å². The molecular formula is C34H54O. The monoisotopic (exact) mass is 478 g/mol. The molecule has 0 N–H and O–H groups in total. The molecule has 0 saturated heterocycles. The minimum Gasteiger partial charge on any atom is -0.457 e. The van der Waals surface area contributed by atoms with Gasteiger partial charge in [-0.2, -0.15) is 0 Å². The van der Waals surface area contributed by atoms with Crippen LogP contribution in [0.4, 0.5) is 0 Å².